The minimum Gasteiger partial charge on any atom is -0.318 e. The maximum atomic E-state index is 5.74. The van der Waals surface area contributed by atoms with Crippen LogP contribution in [0.1, 0.15) is 25.3 Å². The zero-order chi connectivity index (χ0) is 9.52. The molecule has 2 heteroatoms. The third-order valence-corrected chi connectivity index (χ3v) is 1.68. The SMILES string of the molecule is CCCC(N)C#Cc1ccncc1. The van der Waals surface area contributed by atoms with Crippen molar-refractivity contribution in [3.8, 4) is 11.8 Å². The average molecular weight is 174 g/mol. The van der Waals surface area contributed by atoms with Crippen LogP contribution in [-0.4, -0.2) is 11.0 Å². The summed E-state index contributed by atoms with van der Waals surface area (Å²) in [4.78, 5) is 3.91. The highest BCUT2D eigenvalue weighted by Crippen LogP contribution is 1.94. The van der Waals surface area contributed by atoms with E-state index in [0.29, 0.717) is 0 Å². The molecule has 0 amide bonds. The number of aromatic nitrogens is 1. The molecule has 1 aromatic heterocycles. The Hall–Kier alpha value is -1.33. The number of nitrogens with zero attached hydrogens (tertiary/aromatic N) is 1. The van der Waals surface area contributed by atoms with E-state index in [9.17, 15) is 0 Å². The van der Waals surface area contributed by atoms with E-state index < -0.39 is 0 Å². The fourth-order valence-electron chi connectivity index (χ4n) is 0.994. The molecule has 0 spiro atoms. The van der Waals surface area contributed by atoms with Crippen molar-refractivity contribution in [1.82, 2.24) is 4.98 Å². The highest BCUT2D eigenvalue weighted by Gasteiger charge is 1.92. The van der Waals surface area contributed by atoms with Gasteiger partial charge < -0.3 is 5.73 Å². The molecule has 0 aliphatic rings. The average Bonchev–Trinajstić information content (AvgIpc) is 2.17. The van der Waals surface area contributed by atoms with E-state index in [0.717, 1.165) is 18.4 Å². The van der Waals surface area contributed by atoms with Crippen LogP contribution in [0.15, 0.2) is 24.5 Å². The summed E-state index contributed by atoms with van der Waals surface area (Å²) in [7, 11) is 0. The molecule has 68 valence electrons. The molecule has 13 heavy (non-hydrogen) atoms. The van der Waals surface area contributed by atoms with Gasteiger partial charge in [-0.3, -0.25) is 4.98 Å². The van der Waals surface area contributed by atoms with E-state index in [1.54, 1.807) is 12.4 Å². The summed E-state index contributed by atoms with van der Waals surface area (Å²) in [5.74, 6) is 6.01. The van der Waals surface area contributed by atoms with Gasteiger partial charge in [0.05, 0.1) is 6.04 Å². The van der Waals surface area contributed by atoms with E-state index in [-0.39, 0.29) is 6.04 Å². The van der Waals surface area contributed by atoms with Gasteiger partial charge in [-0.05, 0) is 18.6 Å². The Balaban J connectivity index is 2.57. The minimum atomic E-state index is -0.00170. The zero-order valence-electron chi connectivity index (χ0n) is 7.83. The molecule has 1 atom stereocenters. The number of rotatable bonds is 2. The van der Waals surface area contributed by atoms with Gasteiger partial charge in [0.1, 0.15) is 0 Å². The van der Waals surface area contributed by atoms with Gasteiger partial charge in [0.15, 0.2) is 0 Å². The Morgan fingerprint density at radius 2 is 2.15 bits per heavy atom. The molecule has 1 heterocycles. The van der Waals surface area contributed by atoms with E-state index >= 15 is 0 Å². The van der Waals surface area contributed by atoms with Crippen LogP contribution in [0.5, 0.6) is 0 Å². The molecule has 0 bridgehead atoms. The number of pyridine rings is 1. The first-order valence-corrected chi connectivity index (χ1v) is 4.50. The molecular weight excluding hydrogens is 160 g/mol. The van der Waals surface area contributed by atoms with Crippen molar-refractivity contribution < 1.29 is 0 Å². The maximum Gasteiger partial charge on any atom is 0.0668 e. The van der Waals surface area contributed by atoms with Gasteiger partial charge in [0.25, 0.3) is 0 Å². The van der Waals surface area contributed by atoms with E-state index in [2.05, 4.69) is 23.7 Å². The van der Waals surface area contributed by atoms with E-state index in [4.69, 9.17) is 5.73 Å². The van der Waals surface area contributed by atoms with Gasteiger partial charge in [0, 0.05) is 18.0 Å². The van der Waals surface area contributed by atoms with Crippen LogP contribution in [0.3, 0.4) is 0 Å². The summed E-state index contributed by atoms with van der Waals surface area (Å²) in [5, 5.41) is 0. The van der Waals surface area contributed by atoms with Crippen molar-refractivity contribution in [2.24, 2.45) is 5.73 Å². The van der Waals surface area contributed by atoms with Crippen LogP contribution in [0.25, 0.3) is 0 Å². The summed E-state index contributed by atoms with van der Waals surface area (Å²) < 4.78 is 0. The molecule has 2 nitrogen and oxygen atoms in total. The number of hydrogen-bond donors (Lipinski definition) is 1. The summed E-state index contributed by atoms with van der Waals surface area (Å²) >= 11 is 0. The Bertz CT molecular complexity index is 295. The summed E-state index contributed by atoms with van der Waals surface area (Å²) in [6.07, 6.45) is 5.50. The Labute approximate surface area is 79.2 Å². The van der Waals surface area contributed by atoms with Crippen LogP contribution < -0.4 is 5.73 Å². The van der Waals surface area contributed by atoms with Crippen molar-refractivity contribution in [2.75, 3.05) is 0 Å². The largest absolute Gasteiger partial charge is 0.318 e. The van der Waals surface area contributed by atoms with Crippen molar-refractivity contribution >= 4 is 0 Å². The van der Waals surface area contributed by atoms with Gasteiger partial charge in [-0.1, -0.05) is 25.2 Å². The van der Waals surface area contributed by atoms with Crippen molar-refractivity contribution in [1.29, 1.82) is 0 Å². The number of nitrogens with two attached hydrogens (primary N) is 1. The molecule has 1 rings (SSSR count). The molecule has 0 aliphatic heterocycles. The highest BCUT2D eigenvalue weighted by molar-refractivity contribution is 5.33. The Kier molecular flexibility index (Phi) is 4.01. The monoisotopic (exact) mass is 174 g/mol. The number of hydrogen-bond acceptors (Lipinski definition) is 2. The second kappa shape index (κ2) is 5.34. The fraction of sp³-hybridized carbons (Fsp3) is 0.364. The standard InChI is InChI=1S/C11H14N2/c1-2-3-11(12)5-4-10-6-8-13-9-7-10/h6-9,11H,2-3,12H2,1H3. The normalized spacial score (nSPS) is 11.5. The molecule has 0 fully saturated rings. The molecule has 0 saturated heterocycles. The minimum absolute atomic E-state index is 0.00170. The fourth-order valence-corrected chi connectivity index (χ4v) is 0.994. The second-order valence-corrected chi connectivity index (χ2v) is 2.90. The van der Waals surface area contributed by atoms with Crippen molar-refractivity contribution in [3.63, 3.8) is 0 Å². The zero-order valence-corrected chi connectivity index (χ0v) is 7.83. The first kappa shape index (κ1) is 9.76. The smallest absolute Gasteiger partial charge is 0.0668 e. The molecule has 0 aliphatic carbocycles. The Morgan fingerprint density at radius 1 is 1.46 bits per heavy atom. The first-order chi connectivity index (χ1) is 6.33. The lowest BCUT2D eigenvalue weighted by atomic mass is 10.2. The topological polar surface area (TPSA) is 38.9 Å². The predicted octanol–water partition coefficient (Wildman–Crippen LogP) is 1.56. The summed E-state index contributed by atoms with van der Waals surface area (Å²) in [5.41, 5.74) is 6.72. The lowest BCUT2D eigenvalue weighted by Gasteiger charge is -1.98. The molecule has 2 N–H and O–H groups in total. The van der Waals surface area contributed by atoms with Gasteiger partial charge in [-0.25, -0.2) is 0 Å². The summed E-state index contributed by atoms with van der Waals surface area (Å²) in [6.45, 7) is 2.11. The van der Waals surface area contributed by atoms with Crippen molar-refractivity contribution in [2.45, 2.75) is 25.8 Å². The maximum absolute atomic E-state index is 5.74. The van der Waals surface area contributed by atoms with Crippen LogP contribution in [0, 0.1) is 11.8 Å². The summed E-state index contributed by atoms with van der Waals surface area (Å²) in [6, 6.07) is 3.76. The molecule has 0 saturated carbocycles. The van der Waals surface area contributed by atoms with Crippen LogP contribution in [-0.2, 0) is 0 Å². The second-order valence-electron chi connectivity index (χ2n) is 2.90. The lowest BCUT2D eigenvalue weighted by molar-refractivity contribution is 0.720. The van der Waals surface area contributed by atoms with Crippen LogP contribution in [0.2, 0.25) is 0 Å². The molecule has 0 radical (unpaired) electrons. The third kappa shape index (κ3) is 3.73. The Morgan fingerprint density at radius 3 is 2.77 bits per heavy atom. The van der Waals surface area contributed by atoms with Crippen LogP contribution in [0.4, 0.5) is 0 Å². The third-order valence-electron chi connectivity index (χ3n) is 1.68. The predicted molar refractivity (Wildman–Crippen MR) is 54.0 cm³/mol. The molecule has 1 aromatic rings. The van der Waals surface area contributed by atoms with Gasteiger partial charge in [-0.15, -0.1) is 0 Å². The van der Waals surface area contributed by atoms with Crippen LogP contribution >= 0.6 is 0 Å². The van der Waals surface area contributed by atoms with Gasteiger partial charge >= 0.3 is 0 Å². The van der Waals surface area contributed by atoms with Gasteiger partial charge in [0.2, 0.25) is 0 Å². The quantitative estimate of drug-likeness (QED) is 0.691. The molecule has 1 unspecified atom stereocenters. The highest BCUT2D eigenvalue weighted by atomic mass is 14.6. The lowest BCUT2D eigenvalue weighted by Crippen LogP contribution is -2.16. The van der Waals surface area contributed by atoms with Gasteiger partial charge in [-0.2, -0.15) is 0 Å². The molecular formula is C11H14N2. The first-order valence-electron chi connectivity index (χ1n) is 4.50. The van der Waals surface area contributed by atoms with E-state index in [1.165, 1.54) is 0 Å². The van der Waals surface area contributed by atoms with E-state index in [1.807, 2.05) is 12.1 Å². The molecule has 0 aromatic carbocycles. The van der Waals surface area contributed by atoms with Crippen molar-refractivity contribution in [3.05, 3.63) is 30.1 Å².